The van der Waals surface area contributed by atoms with E-state index in [0.717, 1.165) is 0 Å². The van der Waals surface area contributed by atoms with Crippen LogP contribution in [0.2, 0.25) is 0 Å². The molecule has 1 saturated heterocycles. The van der Waals surface area contributed by atoms with Crippen LogP contribution in [-0.2, 0) is 24.3 Å². The standard InChI is InChI=1S/C27H35N7O7S/c1-27(2,3)41-26(38)34-13-11-33(12-14-34)24-22-20(25(37)32-23(22)29-17-30-24)16-28-18-7-6-8-19(15-18)42(39,40)31-10-5-4-9-21(35)36/h6-8,15-17,20,31H,4-5,9-14H2,1-3H3,(H,35,36)(H,29,30,32,37). The van der Waals surface area contributed by atoms with Gasteiger partial charge in [-0.2, -0.15) is 0 Å². The number of rotatable bonds is 10. The van der Waals surface area contributed by atoms with Crippen molar-refractivity contribution in [3.8, 4) is 0 Å². The van der Waals surface area contributed by atoms with E-state index in [1.807, 2.05) is 25.7 Å². The van der Waals surface area contributed by atoms with Crippen LogP contribution < -0.4 is 14.9 Å². The number of amides is 2. The van der Waals surface area contributed by atoms with Gasteiger partial charge in [-0.1, -0.05) is 6.07 Å². The molecule has 2 amide bonds. The fourth-order valence-corrected chi connectivity index (χ4v) is 5.62. The number of carbonyl (C=O) groups is 3. The first-order valence-electron chi connectivity index (χ1n) is 13.6. The number of aromatic nitrogens is 2. The molecule has 1 atom stereocenters. The Morgan fingerprint density at radius 3 is 2.62 bits per heavy atom. The maximum absolute atomic E-state index is 12.9. The van der Waals surface area contributed by atoms with Gasteiger partial charge < -0.3 is 25.0 Å². The predicted octanol–water partition coefficient (Wildman–Crippen LogP) is 2.51. The van der Waals surface area contributed by atoms with Crippen LogP contribution in [-0.4, -0.2) is 90.9 Å². The Kier molecular flexibility index (Phi) is 9.41. The highest BCUT2D eigenvalue weighted by Gasteiger charge is 2.36. The van der Waals surface area contributed by atoms with Crippen LogP contribution in [0, 0.1) is 0 Å². The van der Waals surface area contributed by atoms with Gasteiger partial charge in [-0.15, -0.1) is 0 Å². The first-order valence-corrected chi connectivity index (χ1v) is 15.1. The van der Waals surface area contributed by atoms with Gasteiger partial charge in [0.15, 0.2) is 0 Å². The Hall–Kier alpha value is -4.11. The van der Waals surface area contributed by atoms with Gasteiger partial charge in [-0.25, -0.2) is 27.9 Å². The molecular formula is C27H35N7O7S. The van der Waals surface area contributed by atoms with Crippen molar-refractivity contribution < 1.29 is 32.6 Å². The summed E-state index contributed by atoms with van der Waals surface area (Å²) in [6.45, 7) is 7.35. The molecule has 3 heterocycles. The topological polar surface area (TPSA) is 183 Å². The monoisotopic (exact) mass is 601 g/mol. The molecule has 1 aromatic carbocycles. The zero-order valence-corrected chi connectivity index (χ0v) is 24.6. The van der Waals surface area contributed by atoms with Crippen molar-refractivity contribution in [1.29, 1.82) is 0 Å². The van der Waals surface area contributed by atoms with Gasteiger partial charge in [0.25, 0.3) is 0 Å². The molecular weight excluding hydrogens is 566 g/mol. The van der Waals surface area contributed by atoms with E-state index >= 15 is 0 Å². The van der Waals surface area contributed by atoms with Gasteiger partial charge in [0.1, 0.15) is 29.5 Å². The van der Waals surface area contributed by atoms with Crippen LogP contribution in [0.5, 0.6) is 0 Å². The van der Waals surface area contributed by atoms with Gasteiger partial charge in [0, 0.05) is 45.4 Å². The quantitative estimate of drug-likeness (QED) is 0.270. The average molecular weight is 602 g/mol. The van der Waals surface area contributed by atoms with Gasteiger partial charge in [-0.3, -0.25) is 14.6 Å². The SMILES string of the molecule is CC(C)(C)OC(=O)N1CCN(c2ncnc3c2C(C=Nc2cccc(S(=O)(=O)NCCCCC(=O)O)c2)C(=O)N3)CC1. The molecule has 0 spiro atoms. The van der Waals surface area contributed by atoms with Crippen LogP contribution >= 0.6 is 0 Å². The Bertz CT molecular complexity index is 1470. The van der Waals surface area contributed by atoms with Crippen molar-refractivity contribution in [2.75, 3.05) is 42.9 Å². The highest BCUT2D eigenvalue weighted by Crippen LogP contribution is 2.37. The number of hydrogen-bond donors (Lipinski definition) is 3. The summed E-state index contributed by atoms with van der Waals surface area (Å²) in [5, 5.41) is 11.5. The number of fused-ring (bicyclic) bond motifs is 1. The van der Waals surface area contributed by atoms with Crippen molar-refractivity contribution in [3.63, 3.8) is 0 Å². The lowest BCUT2D eigenvalue weighted by Crippen LogP contribution is -2.50. The lowest BCUT2D eigenvalue weighted by Gasteiger charge is -2.36. The third-order valence-electron chi connectivity index (χ3n) is 6.54. The number of nitrogens with zero attached hydrogens (tertiary/aromatic N) is 5. The van der Waals surface area contributed by atoms with Gasteiger partial charge in [0.2, 0.25) is 15.9 Å². The molecule has 226 valence electrons. The average Bonchev–Trinajstić information content (AvgIpc) is 3.25. The van der Waals surface area contributed by atoms with E-state index < -0.39 is 27.5 Å². The summed E-state index contributed by atoms with van der Waals surface area (Å²) in [4.78, 5) is 52.7. The number of sulfonamides is 1. The molecule has 1 fully saturated rings. The van der Waals surface area contributed by atoms with E-state index in [-0.39, 0.29) is 29.9 Å². The molecule has 0 bridgehead atoms. The highest BCUT2D eigenvalue weighted by molar-refractivity contribution is 7.89. The number of ether oxygens (including phenoxy) is 1. The number of unbranched alkanes of at least 4 members (excludes halogenated alkanes) is 1. The normalized spacial score (nSPS) is 17.3. The number of nitrogens with one attached hydrogen (secondary N) is 2. The lowest BCUT2D eigenvalue weighted by molar-refractivity contribution is -0.137. The van der Waals surface area contributed by atoms with Crippen molar-refractivity contribution in [2.24, 2.45) is 4.99 Å². The molecule has 14 nitrogen and oxygen atoms in total. The number of anilines is 2. The third kappa shape index (κ3) is 7.79. The minimum Gasteiger partial charge on any atom is -0.481 e. The molecule has 3 N–H and O–H groups in total. The summed E-state index contributed by atoms with van der Waals surface area (Å²) in [6, 6.07) is 5.99. The molecule has 2 aliphatic heterocycles. The number of carbonyl (C=O) groups excluding carboxylic acids is 2. The predicted molar refractivity (Wildman–Crippen MR) is 155 cm³/mol. The van der Waals surface area contributed by atoms with Crippen molar-refractivity contribution >= 4 is 51.5 Å². The first kappa shape index (κ1) is 30.8. The number of benzene rings is 1. The van der Waals surface area contributed by atoms with Crippen molar-refractivity contribution in [1.82, 2.24) is 19.6 Å². The van der Waals surface area contributed by atoms with Gasteiger partial charge >= 0.3 is 12.1 Å². The number of carboxylic acids is 1. The van der Waals surface area contributed by atoms with E-state index in [1.54, 1.807) is 17.0 Å². The molecule has 1 aromatic heterocycles. The maximum Gasteiger partial charge on any atom is 0.410 e. The number of piperazine rings is 1. The molecule has 15 heteroatoms. The molecule has 42 heavy (non-hydrogen) atoms. The fourth-order valence-electron chi connectivity index (χ4n) is 4.50. The largest absolute Gasteiger partial charge is 0.481 e. The molecule has 2 aliphatic rings. The van der Waals surface area contributed by atoms with Crippen LogP contribution in [0.15, 0.2) is 40.5 Å². The van der Waals surface area contributed by atoms with Crippen molar-refractivity contribution in [3.05, 3.63) is 36.2 Å². The fraction of sp³-hybridized carbons (Fsp3) is 0.481. The Balaban J connectivity index is 1.46. The molecule has 4 rings (SSSR count). The minimum atomic E-state index is -3.84. The van der Waals surface area contributed by atoms with Crippen LogP contribution in [0.4, 0.5) is 22.1 Å². The summed E-state index contributed by atoms with van der Waals surface area (Å²) in [5.41, 5.74) is 0.294. The molecule has 2 aromatic rings. The van der Waals surface area contributed by atoms with E-state index in [0.29, 0.717) is 61.9 Å². The number of aliphatic imine (C=N–C) groups is 1. The van der Waals surface area contributed by atoms with E-state index in [2.05, 4.69) is 25.0 Å². The Morgan fingerprint density at radius 2 is 1.93 bits per heavy atom. The zero-order valence-electron chi connectivity index (χ0n) is 23.7. The molecule has 1 unspecified atom stereocenters. The lowest BCUT2D eigenvalue weighted by atomic mass is 10.0. The maximum atomic E-state index is 12.9. The molecule has 0 aliphatic carbocycles. The smallest absolute Gasteiger partial charge is 0.410 e. The zero-order chi connectivity index (χ0) is 30.5. The van der Waals surface area contributed by atoms with Gasteiger partial charge in [-0.05, 0) is 51.8 Å². The summed E-state index contributed by atoms with van der Waals surface area (Å²) in [6.07, 6.45) is 3.15. The van der Waals surface area contributed by atoms with Crippen LogP contribution in [0.1, 0.15) is 51.5 Å². The van der Waals surface area contributed by atoms with Gasteiger partial charge in [0.05, 0.1) is 16.1 Å². The number of aliphatic carboxylic acids is 1. The van der Waals surface area contributed by atoms with E-state index in [1.165, 1.54) is 24.7 Å². The van der Waals surface area contributed by atoms with E-state index in [9.17, 15) is 22.8 Å². The third-order valence-corrected chi connectivity index (χ3v) is 8.00. The second-order valence-electron chi connectivity index (χ2n) is 10.9. The minimum absolute atomic E-state index is 0.00135. The summed E-state index contributed by atoms with van der Waals surface area (Å²) < 4.78 is 33.4. The summed E-state index contributed by atoms with van der Waals surface area (Å²) in [5.74, 6) is -1.15. The first-order chi connectivity index (χ1) is 19.8. The van der Waals surface area contributed by atoms with E-state index in [4.69, 9.17) is 9.84 Å². The van der Waals surface area contributed by atoms with Crippen molar-refractivity contribution in [2.45, 2.75) is 56.4 Å². The second kappa shape index (κ2) is 12.8. The number of carboxylic acid groups (broad SMARTS) is 1. The summed E-state index contributed by atoms with van der Waals surface area (Å²) in [7, 11) is -3.84. The highest BCUT2D eigenvalue weighted by atomic mass is 32.2. The number of hydrogen-bond acceptors (Lipinski definition) is 10. The van der Waals surface area contributed by atoms with Crippen LogP contribution in [0.25, 0.3) is 0 Å². The van der Waals surface area contributed by atoms with Crippen LogP contribution in [0.3, 0.4) is 0 Å². The second-order valence-corrected chi connectivity index (χ2v) is 12.7. The molecule has 0 radical (unpaired) electrons. The summed E-state index contributed by atoms with van der Waals surface area (Å²) >= 11 is 0. The Morgan fingerprint density at radius 1 is 1.19 bits per heavy atom. The Labute approximate surface area is 244 Å². The molecule has 0 saturated carbocycles.